The Labute approximate surface area is 123 Å². The molecule has 2 aromatic rings. The van der Waals surface area contributed by atoms with Crippen molar-refractivity contribution >= 4 is 23.0 Å². The molecule has 0 bridgehead atoms. The molecule has 2 rings (SSSR count). The fourth-order valence-electron chi connectivity index (χ4n) is 1.89. The molecule has 4 N–H and O–H groups in total. The number of carboxylic acids is 1. The van der Waals surface area contributed by atoms with Gasteiger partial charge in [0.1, 0.15) is 5.75 Å². The zero-order chi connectivity index (χ0) is 15.4. The van der Waals surface area contributed by atoms with Gasteiger partial charge in [0.2, 0.25) is 0 Å². The summed E-state index contributed by atoms with van der Waals surface area (Å²) in [5.74, 6) is -0.254. The Morgan fingerprint density at radius 1 is 1.19 bits per heavy atom. The molecule has 0 aromatic heterocycles. The van der Waals surface area contributed by atoms with Gasteiger partial charge in [-0.1, -0.05) is 0 Å². The summed E-state index contributed by atoms with van der Waals surface area (Å²) in [5.41, 5.74) is 7.44. The highest BCUT2D eigenvalue weighted by atomic mass is 16.5. The van der Waals surface area contributed by atoms with E-state index in [1.807, 2.05) is 38.1 Å². The van der Waals surface area contributed by atoms with Gasteiger partial charge in [-0.25, -0.2) is 4.79 Å². The molecule has 0 aliphatic carbocycles. The van der Waals surface area contributed by atoms with Crippen LogP contribution in [0.3, 0.4) is 0 Å². The monoisotopic (exact) mass is 286 g/mol. The molecule has 0 saturated heterocycles. The van der Waals surface area contributed by atoms with Crippen LogP contribution in [0.2, 0.25) is 0 Å². The van der Waals surface area contributed by atoms with Crippen LogP contribution in [-0.2, 0) is 0 Å². The summed E-state index contributed by atoms with van der Waals surface area (Å²) in [6.45, 7) is 3.92. The van der Waals surface area contributed by atoms with Crippen molar-refractivity contribution in [2.24, 2.45) is 0 Å². The highest BCUT2D eigenvalue weighted by molar-refractivity contribution is 5.96. The second kappa shape index (κ2) is 6.17. The standard InChI is InChI=1S/C16H18N2O3/c1-10(2)21-13-6-4-12(5-7-13)18-15-8-3-11(17)9-14(15)16(19)20/h3-10,18H,17H2,1-2H3,(H,19,20). The molecule has 0 aliphatic heterocycles. The molecule has 0 atom stereocenters. The van der Waals surface area contributed by atoms with Crippen LogP contribution in [0.25, 0.3) is 0 Å². The van der Waals surface area contributed by atoms with Crippen molar-refractivity contribution in [3.8, 4) is 5.75 Å². The zero-order valence-corrected chi connectivity index (χ0v) is 12.0. The summed E-state index contributed by atoms with van der Waals surface area (Å²) in [6.07, 6.45) is 0.111. The average Bonchev–Trinajstić information content (AvgIpc) is 2.42. The Balaban J connectivity index is 2.20. The highest BCUT2D eigenvalue weighted by Gasteiger charge is 2.10. The molecule has 0 aliphatic rings. The van der Waals surface area contributed by atoms with Crippen molar-refractivity contribution in [2.45, 2.75) is 20.0 Å². The molecule has 0 radical (unpaired) electrons. The molecule has 0 unspecified atom stereocenters. The lowest BCUT2D eigenvalue weighted by Crippen LogP contribution is -2.06. The summed E-state index contributed by atoms with van der Waals surface area (Å²) in [7, 11) is 0. The van der Waals surface area contributed by atoms with Crippen LogP contribution in [0.5, 0.6) is 5.75 Å². The van der Waals surface area contributed by atoms with Gasteiger partial charge in [-0.15, -0.1) is 0 Å². The number of rotatable bonds is 5. The molecule has 0 heterocycles. The fraction of sp³-hybridized carbons (Fsp3) is 0.188. The first-order chi connectivity index (χ1) is 9.95. The van der Waals surface area contributed by atoms with Crippen molar-refractivity contribution in [3.05, 3.63) is 48.0 Å². The Kier molecular flexibility index (Phi) is 4.33. The quantitative estimate of drug-likeness (QED) is 0.732. The van der Waals surface area contributed by atoms with Crippen LogP contribution in [0, 0.1) is 0 Å². The Hall–Kier alpha value is -2.69. The summed E-state index contributed by atoms with van der Waals surface area (Å²) >= 11 is 0. The molecule has 0 amide bonds. The molecular formula is C16H18N2O3. The van der Waals surface area contributed by atoms with Gasteiger partial charge in [0, 0.05) is 11.4 Å². The first-order valence-electron chi connectivity index (χ1n) is 6.62. The number of anilines is 3. The van der Waals surface area contributed by atoms with Crippen LogP contribution < -0.4 is 15.8 Å². The third-order valence-corrected chi connectivity index (χ3v) is 2.78. The lowest BCUT2D eigenvalue weighted by Gasteiger charge is -2.12. The minimum absolute atomic E-state index is 0.111. The fourth-order valence-corrected chi connectivity index (χ4v) is 1.89. The van der Waals surface area contributed by atoms with E-state index in [1.54, 1.807) is 12.1 Å². The predicted octanol–water partition coefficient (Wildman–Crippen LogP) is 3.50. The number of nitrogen functional groups attached to an aromatic ring is 1. The number of ether oxygens (including phenoxy) is 1. The number of aromatic carboxylic acids is 1. The number of nitrogens with two attached hydrogens (primary N) is 1. The lowest BCUT2D eigenvalue weighted by atomic mass is 10.1. The number of nitrogens with one attached hydrogen (secondary N) is 1. The topological polar surface area (TPSA) is 84.6 Å². The van der Waals surface area contributed by atoms with E-state index in [0.717, 1.165) is 11.4 Å². The molecular weight excluding hydrogens is 268 g/mol. The van der Waals surface area contributed by atoms with E-state index in [4.69, 9.17) is 10.5 Å². The van der Waals surface area contributed by atoms with Crippen LogP contribution in [0.4, 0.5) is 17.1 Å². The minimum atomic E-state index is -1.02. The molecule has 5 nitrogen and oxygen atoms in total. The van der Waals surface area contributed by atoms with Gasteiger partial charge >= 0.3 is 5.97 Å². The largest absolute Gasteiger partial charge is 0.491 e. The molecule has 0 spiro atoms. The lowest BCUT2D eigenvalue weighted by molar-refractivity contribution is 0.0698. The second-order valence-electron chi connectivity index (χ2n) is 4.93. The molecule has 0 fully saturated rings. The van der Waals surface area contributed by atoms with Gasteiger partial charge in [-0.05, 0) is 56.3 Å². The van der Waals surface area contributed by atoms with Gasteiger partial charge < -0.3 is 20.9 Å². The number of hydrogen-bond acceptors (Lipinski definition) is 4. The van der Waals surface area contributed by atoms with Crippen LogP contribution in [-0.4, -0.2) is 17.2 Å². The van der Waals surface area contributed by atoms with Gasteiger partial charge in [-0.3, -0.25) is 0 Å². The predicted molar refractivity (Wildman–Crippen MR) is 83.3 cm³/mol. The summed E-state index contributed by atoms with van der Waals surface area (Å²) in [4.78, 5) is 11.2. The second-order valence-corrected chi connectivity index (χ2v) is 4.93. The minimum Gasteiger partial charge on any atom is -0.491 e. The Bertz CT molecular complexity index is 636. The van der Waals surface area contributed by atoms with Crippen LogP contribution in [0.1, 0.15) is 24.2 Å². The van der Waals surface area contributed by atoms with Gasteiger partial charge in [-0.2, -0.15) is 0 Å². The van der Waals surface area contributed by atoms with Gasteiger partial charge in [0.25, 0.3) is 0 Å². The SMILES string of the molecule is CC(C)Oc1ccc(Nc2ccc(N)cc2C(=O)O)cc1. The van der Waals surface area contributed by atoms with Crippen molar-refractivity contribution in [2.75, 3.05) is 11.1 Å². The van der Waals surface area contributed by atoms with Crippen molar-refractivity contribution in [3.63, 3.8) is 0 Å². The average molecular weight is 286 g/mol. The van der Waals surface area contributed by atoms with Crippen LogP contribution in [0.15, 0.2) is 42.5 Å². The van der Waals surface area contributed by atoms with Crippen molar-refractivity contribution < 1.29 is 14.6 Å². The van der Waals surface area contributed by atoms with E-state index in [0.29, 0.717) is 11.4 Å². The number of carboxylic acid groups (broad SMARTS) is 1. The van der Waals surface area contributed by atoms with Crippen molar-refractivity contribution in [1.82, 2.24) is 0 Å². The first-order valence-corrected chi connectivity index (χ1v) is 6.62. The number of hydrogen-bond donors (Lipinski definition) is 3. The van der Waals surface area contributed by atoms with E-state index in [9.17, 15) is 9.90 Å². The molecule has 110 valence electrons. The highest BCUT2D eigenvalue weighted by Crippen LogP contribution is 2.25. The Morgan fingerprint density at radius 2 is 1.86 bits per heavy atom. The molecule has 0 saturated carbocycles. The van der Waals surface area contributed by atoms with E-state index < -0.39 is 5.97 Å². The van der Waals surface area contributed by atoms with Gasteiger partial charge in [0.05, 0.1) is 17.4 Å². The zero-order valence-electron chi connectivity index (χ0n) is 12.0. The molecule has 5 heteroatoms. The first kappa shape index (κ1) is 14.7. The third kappa shape index (κ3) is 3.89. The molecule has 21 heavy (non-hydrogen) atoms. The maximum absolute atomic E-state index is 11.2. The normalized spacial score (nSPS) is 10.4. The van der Waals surface area contributed by atoms with Gasteiger partial charge in [0.15, 0.2) is 0 Å². The summed E-state index contributed by atoms with van der Waals surface area (Å²) < 4.78 is 5.56. The third-order valence-electron chi connectivity index (χ3n) is 2.78. The molecule has 2 aromatic carbocycles. The Morgan fingerprint density at radius 3 is 2.43 bits per heavy atom. The van der Waals surface area contributed by atoms with Crippen molar-refractivity contribution in [1.29, 1.82) is 0 Å². The number of benzene rings is 2. The van der Waals surface area contributed by atoms with E-state index >= 15 is 0 Å². The summed E-state index contributed by atoms with van der Waals surface area (Å²) in [5, 5.41) is 12.3. The van der Waals surface area contributed by atoms with E-state index in [-0.39, 0.29) is 11.7 Å². The summed E-state index contributed by atoms with van der Waals surface area (Å²) in [6, 6.07) is 12.1. The van der Waals surface area contributed by atoms with Crippen LogP contribution >= 0.6 is 0 Å². The maximum Gasteiger partial charge on any atom is 0.337 e. The van der Waals surface area contributed by atoms with E-state index in [1.165, 1.54) is 6.07 Å². The smallest absolute Gasteiger partial charge is 0.337 e. The van der Waals surface area contributed by atoms with E-state index in [2.05, 4.69) is 5.32 Å². The number of carbonyl (C=O) groups is 1. The maximum atomic E-state index is 11.2.